The molecular formula is C11H5F17O2. The number of carbonyl (C=O) groups excluding carboxylic acids is 1. The van der Waals surface area contributed by atoms with Crippen molar-refractivity contribution in [3.05, 3.63) is 0 Å². The van der Waals surface area contributed by atoms with Gasteiger partial charge in [0.25, 0.3) is 6.47 Å². The van der Waals surface area contributed by atoms with Crippen molar-refractivity contribution in [2.75, 3.05) is 6.61 Å². The van der Waals surface area contributed by atoms with E-state index in [4.69, 9.17) is 0 Å². The van der Waals surface area contributed by atoms with Crippen LogP contribution in [-0.4, -0.2) is 60.7 Å². The lowest BCUT2D eigenvalue weighted by atomic mass is 9.88. The number of alkyl halides is 17. The van der Waals surface area contributed by atoms with Crippen LogP contribution in [0.25, 0.3) is 0 Å². The molecule has 0 heterocycles. The Balaban J connectivity index is 6.51. The van der Waals surface area contributed by atoms with Crippen LogP contribution in [-0.2, 0) is 9.53 Å². The molecule has 0 aliphatic heterocycles. The molecule has 0 rings (SSSR count). The van der Waals surface area contributed by atoms with Gasteiger partial charge in [-0.3, -0.25) is 4.79 Å². The third-order valence-electron chi connectivity index (χ3n) is 3.39. The summed E-state index contributed by atoms with van der Waals surface area (Å²) in [4.78, 5) is 9.65. The zero-order chi connectivity index (χ0) is 24.8. The van der Waals surface area contributed by atoms with E-state index >= 15 is 0 Å². The molecule has 0 bridgehead atoms. The summed E-state index contributed by atoms with van der Waals surface area (Å²) in [7, 11) is 0. The smallest absolute Gasteiger partial charge is 0.460 e. The molecule has 180 valence electrons. The summed E-state index contributed by atoms with van der Waals surface area (Å²) in [5.74, 6) is -56.6. The summed E-state index contributed by atoms with van der Waals surface area (Å²) in [6.07, 6.45) is -10.6. The Bertz CT molecular complexity index is 620. The molecule has 0 atom stereocenters. The second-order valence-electron chi connectivity index (χ2n) is 5.37. The maximum absolute atomic E-state index is 13.3. The molecule has 0 N–H and O–H groups in total. The van der Waals surface area contributed by atoms with Crippen molar-refractivity contribution in [3.63, 3.8) is 0 Å². The van der Waals surface area contributed by atoms with Crippen LogP contribution in [0, 0.1) is 0 Å². The molecule has 0 saturated heterocycles. The van der Waals surface area contributed by atoms with E-state index < -0.39 is 67.1 Å². The van der Waals surface area contributed by atoms with Crippen molar-refractivity contribution in [1.29, 1.82) is 0 Å². The minimum Gasteiger partial charge on any atom is -0.468 e. The molecule has 0 amide bonds. The average molecular weight is 492 g/mol. The lowest BCUT2D eigenvalue weighted by Gasteiger charge is -2.42. The van der Waals surface area contributed by atoms with E-state index in [2.05, 4.69) is 4.74 Å². The van der Waals surface area contributed by atoms with Crippen molar-refractivity contribution in [1.82, 2.24) is 0 Å². The third-order valence-corrected chi connectivity index (χ3v) is 3.39. The van der Waals surface area contributed by atoms with Crippen molar-refractivity contribution in [2.24, 2.45) is 0 Å². The van der Waals surface area contributed by atoms with Crippen molar-refractivity contribution < 1.29 is 84.2 Å². The molecule has 2 nitrogen and oxygen atoms in total. The summed E-state index contributed by atoms with van der Waals surface area (Å²) in [5, 5.41) is 0. The highest BCUT2D eigenvalue weighted by Gasteiger charge is 2.95. The first-order chi connectivity index (χ1) is 12.8. The van der Waals surface area contributed by atoms with Gasteiger partial charge in [0.1, 0.15) is 0 Å². The van der Waals surface area contributed by atoms with Crippen LogP contribution in [0.1, 0.15) is 6.42 Å². The first kappa shape index (κ1) is 28.3. The second kappa shape index (κ2) is 7.45. The van der Waals surface area contributed by atoms with Gasteiger partial charge in [0.15, 0.2) is 0 Å². The molecule has 0 unspecified atom stereocenters. The highest BCUT2D eigenvalue weighted by atomic mass is 19.4. The fraction of sp³-hybridized carbons (Fsp3) is 0.909. The number of rotatable bonds is 10. The zero-order valence-corrected chi connectivity index (χ0v) is 13.2. The van der Waals surface area contributed by atoms with E-state index in [1.807, 2.05) is 0 Å². The van der Waals surface area contributed by atoms with Crippen LogP contribution in [0.2, 0.25) is 0 Å². The van der Waals surface area contributed by atoms with Crippen LogP contribution < -0.4 is 0 Å². The van der Waals surface area contributed by atoms with Gasteiger partial charge in [0.05, 0.1) is 13.0 Å². The summed E-state index contributed by atoms with van der Waals surface area (Å²) >= 11 is 0. The average Bonchev–Trinajstić information content (AvgIpc) is 2.52. The summed E-state index contributed by atoms with van der Waals surface area (Å²) in [5.41, 5.74) is 0. The van der Waals surface area contributed by atoms with Crippen molar-refractivity contribution in [3.8, 4) is 0 Å². The van der Waals surface area contributed by atoms with Crippen LogP contribution in [0.3, 0.4) is 0 Å². The maximum Gasteiger partial charge on any atom is 0.460 e. The van der Waals surface area contributed by atoms with Crippen molar-refractivity contribution >= 4 is 6.47 Å². The van der Waals surface area contributed by atoms with Gasteiger partial charge in [-0.1, -0.05) is 0 Å². The fourth-order valence-electron chi connectivity index (χ4n) is 1.59. The van der Waals surface area contributed by atoms with Gasteiger partial charge in [0, 0.05) is 0 Å². The van der Waals surface area contributed by atoms with Crippen molar-refractivity contribution in [2.45, 2.75) is 54.1 Å². The Hall–Kier alpha value is -1.72. The number of hydrogen-bond donors (Lipinski definition) is 0. The normalized spacial score (nSPS) is 15.9. The Labute approximate surface area is 152 Å². The van der Waals surface area contributed by atoms with E-state index in [-0.39, 0.29) is 0 Å². The molecule has 0 spiro atoms. The zero-order valence-electron chi connectivity index (χ0n) is 13.2. The van der Waals surface area contributed by atoms with Gasteiger partial charge in [-0.05, 0) is 0 Å². The van der Waals surface area contributed by atoms with Gasteiger partial charge in [0.2, 0.25) is 0 Å². The molecule has 0 aliphatic rings. The summed E-state index contributed by atoms with van der Waals surface area (Å²) in [6.45, 7) is -2.69. The standard InChI is InChI=1S/C11H5F17O2/c12-4(13,1-2-30-3-29)5(14,15)6(16,17)7(18,19)8(20,21)9(22,23)10(24,25)11(26,27)28/h3H,1-2H2. The number of ether oxygens (including phenoxy) is 1. The first-order valence-electron chi connectivity index (χ1n) is 6.58. The number of carbonyl (C=O) groups is 1. The topological polar surface area (TPSA) is 26.3 Å². The predicted molar refractivity (Wildman–Crippen MR) is 57.3 cm³/mol. The maximum atomic E-state index is 13.3. The minimum absolute atomic E-state index is 0.755. The molecule has 30 heavy (non-hydrogen) atoms. The van der Waals surface area contributed by atoms with E-state index in [1.165, 1.54) is 0 Å². The molecule has 0 aromatic carbocycles. The SMILES string of the molecule is O=COCCC(F)(F)C(F)(F)C(F)(F)C(F)(F)C(F)(F)C(F)(F)C(F)(F)C(F)(F)F. The third kappa shape index (κ3) is 3.71. The largest absolute Gasteiger partial charge is 0.468 e. The molecular weight excluding hydrogens is 487 g/mol. The Morgan fingerprint density at radius 3 is 1.10 bits per heavy atom. The quantitative estimate of drug-likeness (QED) is 0.227. The van der Waals surface area contributed by atoms with Gasteiger partial charge >= 0.3 is 47.6 Å². The molecule has 0 fully saturated rings. The Morgan fingerprint density at radius 1 is 0.500 bits per heavy atom. The van der Waals surface area contributed by atoms with Crippen LogP contribution in [0.4, 0.5) is 74.6 Å². The van der Waals surface area contributed by atoms with Crippen LogP contribution in [0.5, 0.6) is 0 Å². The lowest BCUT2D eigenvalue weighted by molar-refractivity contribution is -0.461. The number of halogens is 17. The minimum atomic E-state index is -8.65. The molecule has 0 aromatic rings. The van der Waals surface area contributed by atoms with Gasteiger partial charge in [-0.2, -0.15) is 74.6 Å². The summed E-state index contributed by atoms with van der Waals surface area (Å²) in [6, 6.07) is 0. The van der Waals surface area contributed by atoms with Gasteiger partial charge in [-0.25, -0.2) is 0 Å². The van der Waals surface area contributed by atoms with E-state index in [0.717, 1.165) is 0 Å². The van der Waals surface area contributed by atoms with Gasteiger partial charge < -0.3 is 4.74 Å². The van der Waals surface area contributed by atoms with E-state index in [1.54, 1.807) is 0 Å². The highest BCUT2D eigenvalue weighted by molar-refractivity contribution is 5.36. The monoisotopic (exact) mass is 492 g/mol. The van der Waals surface area contributed by atoms with Gasteiger partial charge in [-0.15, -0.1) is 0 Å². The number of hydrogen-bond acceptors (Lipinski definition) is 2. The molecule has 0 aliphatic carbocycles. The Morgan fingerprint density at radius 2 is 0.800 bits per heavy atom. The highest BCUT2D eigenvalue weighted by Crippen LogP contribution is 2.64. The second-order valence-corrected chi connectivity index (χ2v) is 5.37. The fourth-order valence-corrected chi connectivity index (χ4v) is 1.59. The summed E-state index contributed by atoms with van der Waals surface area (Å²) < 4.78 is 222. The van der Waals surface area contributed by atoms with E-state index in [9.17, 15) is 79.4 Å². The lowest BCUT2D eigenvalue weighted by Crippen LogP contribution is -2.74. The molecule has 0 saturated carbocycles. The van der Waals surface area contributed by atoms with Crippen LogP contribution in [0.15, 0.2) is 0 Å². The molecule has 19 heteroatoms. The Kier molecular flexibility index (Phi) is 7.03. The molecule has 0 radical (unpaired) electrons. The first-order valence-corrected chi connectivity index (χ1v) is 6.58. The predicted octanol–water partition coefficient (Wildman–Crippen LogP) is 5.56. The molecule has 0 aromatic heterocycles. The van der Waals surface area contributed by atoms with Crippen LogP contribution >= 0.6 is 0 Å². The van der Waals surface area contributed by atoms with E-state index in [0.29, 0.717) is 0 Å².